The number of unbranched alkanes of at least 4 members (excludes halogenated alkanes) is 4. The molecule has 6 heteroatoms. The van der Waals surface area contributed by atoms with Crippen LogP contribution in [-0.2, 0) is 13.9 Å². The van der Waals surface area contributed by atoms with Crippen molar-refractivity contribution in [1.82, 2.24) is 0 Å². The van der Waals surface area contributed by atoms with Crippen LogP contribution in [-0.4, -0.2) is 34.7 Å². The third-order valence-electron chi connectivity index (χ3n) is 2.91. The maximum absolute atomic E-state index is 11.7. The molecule has 0 bridgehead atoms. The van der Waals surface area contributed by atoms with E-state index in [9.17, 15) is 14.3 Å². The summed E-state index contributed by atoms with van der Waals surface area (Å²) in [5.74, 6) is -0.212. The standard InChI is InChI=1S/C13H27O5P/c1-3-12(2)18-19(16,17)11-13(15)9-7-5-4-6-8-10-14/h12,14H,3-11H2,1-2H3,(H,16,17). The van der Waals surface area contributed by atoms with Gasteiger partial charge in [0.05, 0.1) is 6.10 Å². The molecule has 2 N–H and O–H groups in total. The molecule has 0 aliphatic heterocycles. The molecule has 0 aromatic rings. The number of carbonyl (C=O) groups is 1. The Hall–Kier alpha value is -0.220. The minimum atomic E-state index is -3.77. The van der Waals surface area contributed by atoms with Gasteiger partial charge in [-0.1, -0.05) is 26.2 Å². The van der Waals surface area contributed by atoms with Crippen LogP contribution in [0.3, 0.4) is 0 Å². The van der Waals surface area contributed by atoms with Gasteiger partial charge in [0, 0.05) is 13.0 Å². The Bertz CT molecular complexity index is 293. The van der Waals surface area contributed by atoms with E-state index >= 15 is 0 Å². The zero-order valence-electron chi connectivity index (χ0n) is 12.0. The van der Waals surface area contributed by atoms with Crippen molar-refractivity contribution in [3.05, 3.63) is 0 Å². The number of aliphatic hydroxyl groups is 1. The average molecular weight is 294 g/mol. The van der Waals surface area contributed by atoms with E-state index in [-0.39, 0.29) is 24.7 Å². The molecule has 0 amide bonds. The van der Waals surface area contributed by atoms with E-state index in [1.165, 1.54) is 0 Å². The molecule has 5 nitrogen and oxygen atoms in total. The molecule has 0 aliphatic carbocycles. The SMILES string of the molecule is CCC(C)OP(=O)(O)CC(=O)CCCCCCCO. The van der Waals surface area contributed by atoms with Gasteiger partial charge in [-0.3, -0.25) is 9.36 Å². The lowest BCUT2D eigenvalue weighted by atomic mass is 10.1. The zero-order valence-corrected chi connectivity index (χ0v) is 12.9. The number of hydrogen-bond acceptors (Lipinski definition) is 4. The minimum absolute atomic E-state index is 0.208. The predicted octanol–water partition coefficient (Wildman–Crippen LogP) is 2.89. The van der Waals surface area contributed by atoms with Gasteiger partial charge in [-0.25, -0.2) is 0 Å². The molecule has 0 spiro atoms. The summed E-state index contributed by atoms with van der Waals surface area (Å²) in [6.45, 7) is 3.78. The Labute approximate surface area is 115 Å². The maximum Gasteiger partial charge on any atom is 0.335 e. The van der Waals surface area contributed by atoms with Crippen LogP contribution >= 0.6 is 7.60 Å². The molecule has 0 aromatic heterocycles. The van der Waals surface area contributed by atoms with E-state index in [2.05, 4.69) is 0 Å². The Morgan fingerprint density at radius 3 is 2.37 bits per heavy atom. The van der Waals surface area contributed by atoms with E-state index in [0.717, 1.165) is 32.1 Å². The van der Waals surface area contributed by atoms with Gasteiger partial charge in [0.15, 0.2) is 0 Å². The quantitative estimate of drug-likeness (QED) is 0.427. The molecule has 0 saturated carbocycles. The van der Waals surface area contributed by atoms with E-state index in [1.54, 1.807) is 6.92 Å². The number of Topliss-reactive ketones (excluding diaryl/α,β-unsaturated/α-hetero) is 1. The number of aliphatic hydroxyl groups excluding tert-OH is 1. The highest BCUT2D eigenvalue weighted by Crippen LogP contribution is 2.43. The third kappa shape index (κ3) is 11.3. The molecule has 0 fully saturated rings. The average Bonchev–Trinajstić information content (AvgIpc) is 2.32. The van der Waals surface area contributed by atoms with Crippen molar-refractivity contribution in [2.45, 2.75) is 64.9 Å². The lowest BCUT2D eigenvalue weighted by molar-refractivity contribution is -0.117. The Balaban J connectivity index is 3.75. The third-order valence-corrected chi connectivity index (χ3v) is 4.35. The first-order chi connectivity index (χ1) is 8.91. The minimum Gasteiger partial charge on any atom is -0.396 e. The van der Waals surface area contributed by atoms with Crippen molar-refractivity contribution in [3.63, 3.8) is 0 Å². The van der Waals surface area contributed by atoms with Crippen LogP contribution in [0.5, 0.6) is 0 Å². The van der Waals surface area contributed by atoms with Gasteiger partial charge in [-0.15, -0.1) is 0 Å². The molecular weight excluding hydrogens is 267 g/mol. The fraction of sp³-hybridized carbons (Fsp3) is 0.923. The summed E-state index contributed by atoms with van der Waals surface area (Å²) in [5.41, 5.74) is 0. The first kappa shape index (κ1) is 18.8. The zero-order chi connectivity index (χ0) is 14.7. The number of rotatable bonds is 12. The van der Waals surface area contributed by atoms with Crippen LogP contribution in [0.1, 0.15) is 58.8 Å². The molecule has 19 heavy (non-hydrogen) atoms. The first-order valence-corrected chi connectivity index (χ1v) is 8.80. The number of carbonyl (C=O) groups excluding carboxylic acids is 1. The van der Waals surface area contributed by atoms with Gasteiger partial charge in [0.25, 0.3) is 0 Å². The van der Waals surface area contributed by atoms with Crippen molar-refractivity contribution in [3.8, 4) is 0 Å². The first-order valence-electron chi connectivity index (χ1n) is 7.04. The van der Waals surface area contributed by atoms with Gasteiger partial charge < -0.3 is 14.5 Å². The summed E-state index contributed by atoms with van der Waals surface area (Å²) in [5, 5.41) is 8.60. The number of hydrogen-bond donors (Lipinski definition) is 2. The van der Waals surface area contributed by atoms with Crippen LogP contribution in [0.4, 0.5) is 0 Å². The summed E-state index contributed by atoms with van der Waals surface area (Å²) >= 11 is 0. The van der Waals surface area contributed by atoms with Crippen molar-refractivity contribution >= 4 is 13.4 Å². The van der Waals surface area contributed by atoms with Crippen molar-refractivity contribution in [2.24, 2.45) is 0 Å². The van der Waals surface area contributed by atoms with Gasteiger partial charge >= 0.3 is 7.60 Å². The summed E-state index contributed by atoms with van der Waals surface area (Å²) < 4.78 is 16.6. The van der Waals surface area contributed by atoms with Crippen molar-refractivity contribution in [1.29, 1.82) is 0 Å². The van der Waals surface area contributed by atoms with Gasteiger partial charge in [-0.05, 0) is 26.2 Å². The van der Waals surface area contributed by atoms with Crippen LogP contribution in [0.25, 0.3) is 0 Å². The largest absolute Gasteiger partial charge is 0.396 e. The van der Waals surface area contributed by atoms with Gasteiger partial charge in [-0.2, -0.15) is 0 Å². The Morgan fingerprint density at radius 2 is 1.79 bits per heavy atom. The molecule has 0 saturated heterocycles. The van der Waals surface area contributed by atoms with Gasteiger partial charge in [0.2, 0.25) is 0 Å². The summed E-state index contributed by atoms with van der Waals surface area (Å²) in [6, 6.07) is 0. The Morgan fingerprint density at radius 1 is 1.21 bits per heavy atom. The topological polar surface area (TPSA) is 83.8 Å². The van der Waals surface area contributed by atoms with Crippen molar-refractivity contribution in [2.75, 3.05) is 12.8 Å². The smallest absolute Gasteiger partial charge is 0.335 e. The molecule has 2 atom stereocenters. The number of ketones is 1. The highest BCUT2D eigenvalue weighted by molar-refractivity contribution is 7.53. The van der Waals surface area contributed by atoms with Crippen LogP contribution in [0.2, 0.25) is 0 Å². The molecular formula is C13H27O5P. The molecule has 0 heterocycles. The molecule has 114 valence electrons. The lowest BCUT2D eigenvalue weighted by Gasteiger charge is -2.16. The maximum atomic E-state index is 11.7. The highest BCUT2D eigenvalue weighted by Gasteiger charge is 2.25. The van der Waals surface area contributed by atoms with E-state index in [4.69, 9.17) is 9.63 Å². The summed E-state index contributed by atoms with van der Waals surface area (Å²) in [4.78, 5) is 21.1. The van der Waals surface area contributed by atoms with E-state index in [0.29, 0.717) is 12.8 Å². The Kier molecular flexibility index (Phi) is 10.4. The second-order valence-corrected chi connectivity index (χ2v) is 6.70. The molecule has 0 rings (SSSR count). The second kappa shape index (κ2) is 10.6. The monoisotopic (exact) mass is 294 g/mol. The van der Waals surface area contributed by atoms with Crippen molar-refractivity contribution < 1.29 is 23.9 Å². The van der Waals surface area contributed by atoms with Crippen LogP contribution in [0, 0.1) is 0 Å². The van der Waals surface area contributed by atoms with Crippen LogP contribution < -0.4 is 0 Å². The van der Waals surface area contributed by atoms with Gasteiger partial charge in [0.1, 0.15) is 11.9 Å². The fourth-order valence-corrected chi connectivity index (χ4v) is 3.05. The summed E-state index contributed by atoms with van der Waals surface area (Å²) in [7, 11) is -3.77. The lowest BCUT2D eigenvalue weighted by Crippen LogP contribution is -2.11. The summed E-state index contributed by atoms with van der Waals surface area (Å²) in [6.07, 6.45) is 4.66. The molecule has 0 aliphatic rings. The normalized spacial score (nSPS) is 16.0. The molecule has 0 aromatic carbocycles. The fourth-order valence-electron chi connectivity index (χ4n) is 1.66. The molecule has 0 radical (unpaired) electrons. The van der Waals surface area contributed by atoms with Crippen LogP contribution in [0.15, 0.2) is 0 Å². The van der Waals surface area contributed by atoms with E-state index in [1.807, 2.05) is 6.92 Å². The molecule has 2 unspecified atom stereocenters. The van der Waals surface area contributed by atoms with E-state index < -0.39 is 7.60 Å². The predicted molar refractivity (Wildman–Crippen MR) is 75.3 cm³/mol. The second-order valence-electron chi connectivity index (χ2n) is 4.90. The highest BCUT2D eigenvalue weighted by atomic mass is 31.2.